The Morgan fingerprint density at radius 1 is 1.38 bits per heavy atom. The predicted octanol–water partition coefficient (Wildman–Crippen LogP) is 3.38. The summed E-state index contributed by atoms with van der Waals surface area (Å²) >= 11 is 0. The van der Waals surface area contributed by atoms with Crippen molar-refractivity contribution < 1.29 is 27.4 Å². The maximum absolute atomic E-state index is 12.8. The molecule has 0 aliphatic heterocycles. The molecule has 0 saturated heterocycles. The van der Waals surface area contributed by atoms with Crippen LogP contribution >= 0.6 is 0 Å². The van der Waals surface area contributed by atoms with E-state index in [-0.39, 0.29) is 0 Å². The molecule has 0 spiro atoms. The quantitative estimate of drug-likeness (QED) is 0.561. The Morgan fingerprint density at radius 3 is 2.46 bits per heavy atom. The second kappa shape index (κ2) is 7.70. The van der Waals surface area contributed by atoms with Crippen molar-refractivity contribution in [3.8, 4) is 5.75 Å². The van der Waals surface area contributed by atoms with Gasteiger partial charge in [-0.05, 0) is 32.3 Å². The van der Waals surface area contributed by atoms with Gasteiger partial charge in [-0.3, -0.25) is 0 Å². The van der Waals surface area contributed by atoms with Gasteiger partial charge in [0.25, 0.3) is 0 Å². The Bertz CT molecular complexity index is 587. The molecular weight excluding hydrogens is 323 g/mol. The van der Waals surface area contributed by atoms with E-state index in [1.807, 2.05) is 0 Å². The van der Waals surface area contributed by atoms with E-state index in [0.717, 1.165) is 0 Å². The van der Waals surface area contributed by atoms with Crippen molar-refractivity contribution in [2.75, 3.05) is 27.7 Å². The molecule has 4 nitrogen and oxygen atoms in total. The number of nitrogens with zero attached hydrogens (tertiary/aromatic N) is 1. The highest BCUT2D eigenvalue weighted by Gasteiger charge is 2.48. The van der Waals surface area contributed by atoms with Crippen LogP contribution in [0.15, 0.2) is 36.9 Å². The van der Waals surface area contributed by atoms with E-state index in [1.54, 1.807) is 44.1 Å². The lowest BCUT2D eigenvalue weighted by atomic mass is 9.81. The highest BCUT2D eigenvalue weighted by molar-refractivity contribution is 5.76. The van der Waals surface area contributed by atoms with E-state index >= 15 is 0 Å². The minimum absolute atomic E-state index is 0.365. The highest BCUT2D eigenvalue weighted by atomic mass is 19.4. The van der Waals surface area contributed by atoms with Gasteiger partial charge >= 0.3 is 12.1 Å². The minimum atomic E-state index is -5.09. The lowest BCUT2D eigenvalue weighted by molar-refractivity contribution is -0.215. The number of methoxy groups -OCH3 is 1. The Hall–Kier alpha value is -2.02. The van der Waals surface area contributed by atoms with Crippen LogP contribution in [-0.4, -0.2) is 44.8 Å². The summed E-state index contributed by atoms with van der Waals surface area (Å²) in [6, 6.07) is 6.40. The lowest BCUT2D eigenvalue weighted by Crippen LogP contribution is -2.44. The molecule has 1 aromatic carbocycles. The average Bonchev–Trinajstić information content (AvgIpc) is 2.50. The first-order valence-electron chi connectivity index (χ1n) is 7.29. The molecule has 0 aromatic heterocycles. The zero-order valence-electron chi connectivity index (χ0n) is 14.2. The number of esters is 1. The molecule has 2 atom stereocenters. The fourth-order valence-electron chi connectivity index (χ4n) is 2.57. The Labute approximate surface area is 139 Å². The zero-order valence-corrected chi connectivity index (χ0v) is 14.2. The van der Waals surface area contributed by atoms with Crippen LogP contribution in [0.3, 0.4) is 0 Å². The van der Waals surface area contributed by atoms with Crippen molar-refractivity contribution in [1.29, 1.82) is 0 Å². The number of alkyl halides is 3. The first-order valence-corrected chi connectivity index (χ1v) is 7.29. The third-order valence-corrected chi connectivity index (χ3v) is 3.69. The molecule has 1 rings (SSSR count). The molecule has 0 amide bonds. The minimum Gasteiger partial charge on any atom is -0.497 e. The van der Waals surface area contributed by atoms with Gasteiger partial charge in [-0.15, -0.1) is 0 Å². The van der Waals surface area contributed by atoms with Crippen LogP contribution in [0.2, 0.25) is 0 Å². The summed E-state index contributed by atoms with van der Waals surface area (Å²) in [7, 11) is 5.00. The van der Waals surface area contributed by atoms with Gasteiger partial charge in [0.05, 0.1) is 7.11 Å². The number of rotatable bonds is 7. The van der Waals surface area contributed by atoms with Crippen LogP contribution in [-0.2, 0) is 15.1 Å². The predicted molar refractivity (Wildman–Crippen MR) is 84.7 cm³/mol. The van der Waals surface area contributed by atoms with E-state index < -0.39 is 23.7 Å². The maximum atomic E-state index is 12.8. The van der Waals surface area contributed by atoms with Crippen LogP contribution in [0.1, 0.15) is 12.5 Å². The summed E-state index contributed by atoms with van der Waals surface area (Å²) < 4.78 is 48.3. The topological polar surface area (TPSA) is 38.8 Å². The monoisotopic (exact) mass is 345 g/mol. The smallest absolute Gasteiger partial charge is 0.490 e. The number of carbonyl (C=O) groups is 1. The summed E-state index contributed by atoms with van der Waals surface area (Å²) in [5.41, 5.74) is -1.27. The van der Waals surface area contributed by atoms with Gasteiger partial charge in [0.1, 0.15) is 5.75 Å². The largest absolute Gasteiger partial charge is 0.497 e. The number of carbonyl (C=O) groups excluding carboxylic acids is 1. The number of hydrogen-bond acceptors (Lipinski definition) is 4. The molecule has 0 fully saturated rings. The van der Waals surface area contributed by atoms with Crippen LogP contribution in [0.25, 0.3) is 0 Å². The van der Waals surface area contributed by atoms with Crippen molar-refractivity contribution >= 4 is 5.97 Å². The van der Waals surface area contributed by atoms with E-state index in [2.05, 4.69) is 6.58 Å². The summed E-state index contributed by atoms with van der Waals surface area (Å²) in [5, 5.41) is 0. The number of ether oxygens (including phenoxy) is 2. The summed E-state index contributed by atoms with van der Waals surface area (Å²) in [4.78, 5) is 13.3. The van der Waals surface area contributed by atoms with E-state index in [1.165, 1.54) is 19.3 Å². The summed E-state index contributed by atoms with van der Waals surface area (Å²) in [5.74, 6) is -2.29. The standard InChI is InChI=1S/C17H22F3NO3/c1-6-16(12(2)11-21(3)4,24-15(22)17(18,19)20)13-8-7-9-14(10-13)23-5/h6-10,12H,1,11H2,2-5H3/t12-,16-/m1/s1. The van der Waals surface area contributed by atoms with Gasteiger partial charge in [0.15, 0.2) is 5.60 Å². The van der Waals surface area contributed by atoms with E-state index in [9.17, 15) is 18.0 Å². The van der Waals surface area contributed by atoms with Gasteiger partial charge < -0.3 is 14.4 Å². The molecule has 0 radical (unpaired) electrons. The third-order valence-electron chi connectivity index (χ3n) is 3.69. The molecule has 134 valence electrons. The van der Waals surface area contributed by atoms with Crippen LogP contribution < -0.4 is 4.74 Å². The van der Waals surface area contributed by atoms with Crippen molar-refractivity contribution in [3.63, 3.8) is 0 Å². The number of hydrogen-bond donors (Lipinski definition) is 0. The van der Waals surface area contributed by atoms with Gasteiger partial charge in [0, 0.05) is 18.0 Å². The molecule has 1 aromatic rings. The SMILES string of the molecule is C=C[C@](OC(=O)C(F)(F)F)(c1cccc(OC)c1)[C@H](C)CN(C)C. The highest BCUT2D eigenvalue weighted by Crippen LogP contribution is 2.39. The molecule has 0 bridgehead atoms. The second-order valence-corrected chi connectivity index (χ2v) is 5.78. The lowest BCUT2D eigenvalue weighted by Gasteiger charge is -2.38. The number of benzene rings is 1. The van der Waals surface area contributed by atoms with E-state index in [4.69, 9.17) is 9.47 Å². The van der Waals surface area contributed by atoms with Gasteiger partial charge in [-0.1, -0.05) is 25.6 Å². The summed E-state index contributed by atoms with van der Waals surface area (Å²) in [6.07, 6.45) is -3.86. The van der Waals surface area contributed by atoms with Gasteiger partial charge in [-0.25, -0.2) is 4.79 Å². The zero-order chi connectivity index (χ0) is 18.5. The van der Waals surface area contributed by atoms with Gasteiger partial charge in [-0.2, -0.15) is 13.2 Å². The van der Waals surface area contributed by atoms with Crippen molar-refractivity contribution in [2.45, 2.75) is 18.7 Å². The van der Waals surface area contributed by atoms with Gasteiger partial charge in [0.2, 0.25) is 0 Å². The Kier molecular flexibility index (Phi) is 6.42. The van der Waals surface area contributed by atoms with E-state index in [0.29, 0.717) is 17.9 Å². The molecule has 0 unspecified atom stereocenters. The fourth-order valence-corrected chi connectivity index (χ4v) is 2.57. The van der Waals surface area contributed by atoms with Crippen LogP contribution in [0.5, 0.6) is 5.75 Å². The number of halogens is 3. The first-order chi connectivity index (χ1) is 11.1. The first kappa shape index (κ1) is 20.0. The average molecular weight is 345 g/mol. The van der Waals surface area contributed by atoms with Crippen LogP contribution in [0, 0.1) is 5.92 Å². The Morgan fingerprint density at radius 2 is 2.00 bits per heavy atom. The molecule has 0 heterocycles. The normalized spacial score (nSPS) is 15.5. The van der Waals surface area contributed by atoms with Crippen molar-refractivity contribution in [2.24, 2.45) is 5.92 Å². The molecule has 0 N–H and O–H groups in total. The third kappa shape index (κ3) is 4.50. The fraction of sp³-hybridized carbons (Fsp3) is 0.471. The maximum Gasteiger partial charge on any atom is 0.490 e. The Balaban J connectivity index is 3.41. The molecule has 24 heavy (non-hydrogen) atoms. The van der Waals surface area contributed by atoms with Crippen molar-refractivity contribution in [1.82, 2.24) is 4.90 Å². The molecule has 0 aliphatic carbocycles. The summed E-state index contributed by atoms with van der Waals surface area (Å²) in [6.45, 7) is 5.71. The van der Waals surface area contributed by atoms with Crippen LogP contribution in [0.4, 0.5) is 13.2 Å². The second-order valence-electron chi connectivity index (χ2n) is 5.78. The molecule has 7 heteroatoms. The molecule has 0 saturated carbocycles. The molecule has 0 aliphatic rings. The van der Waals surface area contributed by atoms with Crippen molar-refractivity contribution in [3.05, 3.63) is 42.5 Å². The molecular formula is C17H22F3NO3.